The SMILES string of the molecule is Cc1ccc(CO)cc1NC(=O)c1cc2ccccc2n1C. The molecule has 0 atom stereocenters. The van der Waals surface area contributed by atoms with Crippen LogP contribution in [-0.4, -0.2) is 15.6 Å². The van der Waals surface area contributed by atoms with Gasteiger partial charge in [0.1, 0.15) is 5.69 Å². The molecule has 1 aromatic heterocycles. The van der Waals surface area contributed by atoms with Crippen molar-refractivity contribution in [3.63, 3.8) is 0 Å². The van der Waals surface area contributed by atoms with Gasteiger partial charge in [0.15, 0.2) is 0 Å². The molecule has 4 heteroatoms. The number of anilines is 1. The van der Waals surface area contributed by atoms with Crippen molar-refractivity contribution in [2.75, 3.05) is 5.32 Å². The molecular weight excluding hydrogens is 276 g/mol. The van der Waals surface area contributed by atoms with Crippen molar-refractivity contribution in [2.24, 2.45) is 7.05 Å². The summed E-state index contributed by atoms with van der Waals surface area (Å²) in [5.41, 5.74) is 4.09. The van der Waals surface area contributed by atoms with Crippen LogP contribution in [0.15, 0.2) is 48.5 Å². The van der Waals surface area contributed by atoms with Crippen molar-refractivity contribution in [2.45, 2.75) is 13.5 Å². The van der Waals surface area contributed by atoms with Crippen LogP contribution in [0.1, 0.15) is 21.6 Å². The molecule has 3 aromatic rings. The van der Waals surface area contributed by atoms with Gasteiger partial charge in [-0.1, -0.05) is 30.3 Å². The first-order valence-corrected chi connectivity index (χ1v) is 7.16. The summed E-state index contributed by atoms with van der Waals surface area (Å²) in [7, 11) is 1.88. The highest BCUT2D eigenvalue weighted by molar-refractivity contribution is 6.06. The van der Waals surface area contributed by atoms with Crippen molar-refractivity contribution in [1.82, 2.24) is 4.57 Å². The van der Waals surface area contributed by atoms with E-state index in [0.29, 0.717) is 5.69 Å². The molecule has 0 aliphatic rings. The Bertz CT molecular complexity index is 849. The van der Waals surface area contributed by atoms with Gasteiger partial charge in [0.2, 0.25) is 0 Å². The van der Waals surface area contributed by atoms with Crippen LogP contribution in [0.5, 0.6) is 0 Å². The van der Waals surface area contributed by atoms with E-state index < -0.39 is 0 Å². The number of aromatic nitrogens is 1. The van der Waals surface area contributed by atoms with Gasteiger partial charge in [0, 0.05) is 23.6 Å². The maximum atomic E-state index is 12.6. The van der Waals surface area contributed by atoms with Gasteiger partial charge in [0.25, 0.3) is 5.91 Å². The van der Waals surface area contributed by atoms with Crippen LogP contribution < -0.4 is 5.32 Å². The highest BCUT2D eigenvalue weighted by Gasteiger charge is 2.14. The average molecular weight is 294 g/mol. The van der Waals surface area contributed by atoms with Crippen molar-refractivity contribution in [3.05, 3.63) is 65.4 Å². The van der Waals surface area contributed by atoms with E-state index in [4.69, 9.17) is 0 Å². The summed E-state index contributed by atoms with van der Waals surface area (Å²) in [5, 5.41) is 13.2. The molecule has 0 aliphatic carbocycles. The quantitative estimate of drug-likeness (QED) is 0.779. The summed E-state index contributed by atoms with van der Waals surface area (Å²) in [4.78, 5) is 12.6. The second kappa shape index (κ2) is 5.66. The smallest absolute Gasteiger partial charge is 0.272 e. The molecule has 2 N–H and O–H groups in total. The molecular formula is C18H18N2O2. The Morgan fingerprint density at radius 3 is 2.68 bits per heavy atom. The van der Waals surface area contributed by atoms with E-state index in [1.54, 1.807) is 6.07 Å². The number of rotatable bonds is 3. The second-order valence-corrected chi connectivity index (χ2v) is 5.41. The fourth-order valence-corrected chi connectivity index (χ4v) is 2.60. The minimum Gasteiger partial charge on any atom is -0.392 e. The van der Waals surface area contributed by atoms with Crippen molar-refractivity contribution >= 4 is 22.5 Å². The number of hydrogen-bond acceptors (Lipinski definition) is 2. The number of para-hydroxylation sites is 1. The first kappa shape index (κ1) is 14.4. The fourth-order valence-electron chi connectivity index (χ4n) is 2.60. The van der Waals surface area contributed by atoms with Gasteiger partial charge >= 0.3 is 0 Å². The van der Waals surface area contributed by atoms with E-state index >= 15 is 0 Å². The van der Waals surface area contributed by atoms with Gasteiger partial charge < -0.3 is 15.0 Å². The second-order valence-electron chi connectivity index (χ2n) is 5.41. The van der Waals surface area contributed by atoms with E-state index in [0.717, 1.165) is 27.7 Å². The van der Waals surface area contributed by atoms with E-state index in [9.17, 15) is 9.90 Å². The van der Waals surface area contributed by atoms with Gasteiger partial charge in [-0.05, 0) is 36.2 Å². The molecule has 0 radical (unpaired) electrons. The van der Waals surface area contributed by atoms with Crippen molar-refractivity contribution in [1.29, 1.82) is 0 Å². The highest BCUT2D eigenvalue weighted by atomic mass is 16.3. The van der Waals surface area contributed by atoms with Crippen LogP contribution in [0.25, 0.3) is 10.9 Å². The summed E-state index contributed by atoms with van der Waals surface area (Å²) < 4.78 is 1.88. The number of hydrogen-bond donors (Lipinski definition) is 2. The van der Waals surface area contributed by atoms with E-state index in [1.807, 2.05) is 61.0 Å². The molecule has 0 fully saturated rings. The first-order chi connectivity index (χ1) is 10.6. The summed E-state index contributed by atoms with van der Waals surface area (Å²) in [6.07, 6.45) is 0. The summed E-state index contributed by atoms with van der Waals surface area (Å²) in [6, 6.07) is 15.3. The number of fused-ring (bicyclic) bond motifs is 1. The van der Waals surface area contributed by atoms with Crippen molar-refractivity contribution in [3.8, 4) is 0 Å². The van der Waals surface area contributed by atoms with Crippen LogP contribution in [0.2, 0.25) is 0 Å². The maximum Gasteiger partial charge on any atom is 0.272 e. The standard InChI is InChI=1S/C18H18N2O2/c1-12-7-8-13(11-21)9-15(12)19-18(22)17-10-14-5-3-4-6-16(14)20(17)2/h3-10,21H,11H2,1-2H3,(H,19,22). The van der Waals surface area contributed by atoms with Crippen LogP contribution in [0, 0.1) is 6.92 Å². The van der Waals surface area contributed by atoms with Crippen LogP contribution in [0.4, 0.5) is 5.69 Å². The van der Waals surface area contributed by atoms with Crippen LogP contribution >= 0.6 is 0 Å². The number of nitrogens with zero attached hydrogens (tertiary/aromatic N) is 1. The number of carbonyl (C=O) groups excluding carboxylic acids is 1. The van der Waals surface area contributed by atoms with Gasteiger partial charge in [-0.2, -0.15) is 0 Å². The number of benzene rings is 2. The zero-order valence-corrected chi connectivity index (χ0v) is 12.6. The number of amides is 1. The first-order valence-electron chi connectivity index (χ1n) is 7.16. The summed E-state index contributed by atoms with van der Waals surface area (Å²) >= 11 is 0. The molecule has 0 bridgehead atoms. The highest BCUT2D eigenvalue weighted by Crippen LogP contribution is 2.21. The third-order valence-electron chi connectivity index (χ3n) is 3.92. The normalized spacial score (nSPS) is 10.9. The van der Waals surface area contributed by atoms with E-state index in [2.05, 4.69) is 5.32 Å². The molecule has 1 heterocycles. The number of aryl methyl sites for hydroxylation is 2. The van der Waals surface area contributed by atoms with Crippen molar-refractivity contribution < 1.29 is 9.90 Å². The topological polar surface area (TPSA) is 54.3 Å². The Morgan fingerprint density at radius 2 is 1.95 bits per heavy atom. The number of nitrogens with one attached hydrogen (secondary N) is 1. The molecule has 2 aromatic carbocycles. The largest absolute Gasteiger partial charge is 0.392 e. The Balaban J connectivity index is 1.95. The molecule has 3 rings (SSSR count). The predicted octanol–water partition coefficient (Wildman–Crippen LogP) is 3.23. The third kappa shape index (κ3) is 2.49. The monoisotopic (exact) mass is 294 g/mol. The van der Waals surface area contributed by atoms with Gasteiger partial charge in [-0.25, -0.2) is 0 Å². The zero-order valence-electron chi connectivity index (χ0n) is 12.6. The maximum absolute atomic E-state index is 12.6. The van der Waals surface area contributed by atoms with Gasteiger partial charge in [-0.15, -0.1) is 0 Å². The minimum atomic E-state index is -0.156. The molecule has 0 saturated carbocycles. The average Bonchev–Trinajstić information content (AvgIpc) is 2.87. The molecule has 0 saturated heterocycles. The number of aliphatic hydroxyl groups excluding tert-OH is 1. The lowest BCUT2D eigenvalue weighted by Gasteiger charge is -2.10. The van der Waals surface area contributed by atoms with Gasteiger partial charge in [0.05, 0.1) is 6.61 Å². The molecule has 0 unspecified atom stereocenters. The van der Waals surface area contributed by atoms with E-state index in [1.165, 1.54) is 0 Å². The number of aliphatic hydroxyl groups is 1. The van der Waals surface area contributed by atoms with Crippen LogP contribution in [-0.2, 0) is 13.7 Å². The Kier molecular flexibility index (Phi) is 3.69. The number of carbonyl (C=O) groups is 1. The zero-order chi connectivity index (χ0) is 15.7. The van der Waals surface area contributed by atoms with E-state index in [-0.39, 0.29) is 12.5 Å². The third-order valence-corrected chi connectivity index (χ3v) is 3.92. The lowest BCUT2D eigenvalue weighted by atomic mass is 10.1. The molecule has 0 aliphatic heterocycles. The molecule has 4 nitrogen and oxygen atoms in total. The Hall–Kier alpha value is -2.59. The minimum absolute atomic E-state index is 0.0445. The molecule has 112 valence electrons. The molecule has 1 amide bonds. The predicted molar refractivity (Wildman–Crippen MR) is 88.0 cm³/mol. The Labute approximate surface area is 129 Å². The lowest BCUT2D eigenvalue weighted by Crippen LogP contribution is -2.16. The summed E-state index contributed by atoms with van der Waals surface area (Å²) in [5.74, 6) is -0.156. The summed E-state index contributed by atoms with van der Waals surface area (Å²) in [6.45, 7) is 1.88. The lowest BCUT2D eigenvalue weighted by molar-refractivity contribution is 0.101. The fraction of sp³-hybridized carbons (Fsp3) is 0.167. The Morgan fingerprint density at radius 1 is 1.18 bits per heavy atom. The molecule has 22 heavy (non-hydrogen) atoms. The molecule has 0 spiro atoms. The van der Waals surface area contributed by atoms with Crippen LogP contribution in [0.3, 0.4) is 0 Å². The van der Waals surface area contributed by atoms with Gasteiger partial charge in [-0.3, -0.25) is 4.79 Å².